The van der Waals surface area contributed by atoms with Gasteiger partial charge in [-0.1, -0.05) is 12.1 Å². The zero-order chi connectivity index (χ0) is 14.9. The monoisotopic (exact) mass is 293 g/mol. The van der Waals surface area contributed by atoms with Gasteiger partial charge < -0.3 is 19.7 Å². The average Bonchev–Trinajstić information content (AvgIpc) is 2.39. The molecule has 2 aliphatic rings. The van der Waals surface area contributed by atoms with Crippen LogP contribution >= 0.6 is 0 Å². The molecule has 21 heavy (non-hydrogen) atoms. The van der Waals surface area contributed by atoms with Crippen LogP contribution in [0.4, 0.5) is 0 Å². The minimum absolute atomic E-state index is 0.0989. The third-order valence-electron chi connectivity index (χ3n) is 4.40. The summed E-state index contributed by atoms with van der Waals surface area (Å²) >= 11 is 0. The van der Waals surface area contributed by atoms with Crippen molar-refractivity contribution in [1.29, 1.82) is 0 Å². The highest BCUT2D eigenvalue weighted by Crippen LogP contribution is 2.26. The van der Waals surface area contributed by atoms with Crippen LogP contribution in [0.5, 0.6) is 5.75 Å². The van der Waals surface area contributed by atoms with Gasteiger partial charge in [-0.2, -0.15) is 0 Å². The Labute approximate surface area is 125 Å². The van der Waals surface area contributed by atoms with E-state index in [1.807, 2.05) is 31.2 Å². The molecule has 0 aliphatic carbocycles. The lowest BCUT2D eigenvalue weighted by molar-refractivity contribution is -0.167. The predicted molar refractivity (Wildman–Crippen MR) is 78.4 cm³/mol. The molecular formula is C16H23NO4. The lowest BCUT2D eigenvalue weighted by Crippen LogP contribution is -2.64. The molecule has 2 saturated heterocycles. The van der Waals surface area contributed by atoms with Crippen molar-refractivity contribution < 1.29 is 19.7 Å². The number of rotatable bonds is 4. The molecule has 2 atom stereocenters. The number of β-amino-alcohol motifs (C(OH)–C–C–N with tert-alkyl or cyclic N) is 1. The van der Waals surface area contributed by atoms with Crippen molar-refractivity contribution in [2.45, 2.75) is 31.1 Å². The molecule has 0 unspecified atom stereocenters. The molecule has 0 saturated carbocycles. The molecule has 2 heterocycles. The Hall–Kier alpha value is -1.14. The van der Waals surface area contributed by atoms with E-state index in [0.29, 0.717) is 32.2 Å². The molecular weight excluding hydrogens is 270 g/mol. The highest BCUT2D eigenvalue weighted by Gasteiger charge is 2.44. The fraction of sp³-hybridized carbons (Fsp3) is 0.625. The fourth-order valence-corrected chi connectivity index (χ4v) is 2.89. The first-order valence-corrected chi connectivity index (χ1v) is 7.48. The Morgan fingerprint density at radius 1 is 1.43 bits per heavy atom. The Bertz CT molecular complexity index is 491. The third-order valence-corrected chi connectivity index (χ3v) is 4.40. The summed E-state index contributed by atoms with van der Waals surface area (Å²) in [6.07, 6.45) is -0.191. The summed E-state index contributed by atoms with van der Waals surface area (Å²) in [7, 11) is 0. The van der Waals surface area contributed by atoms with Crippen LogP contribution in [0.2, 0.25) is 0 Å². The number of likely N-dealkylation sites (tertiary alicyclic amines) is 1. The van der Waals surface area contributed by atoms with Gasteiger partial charge in [-0.05, 0) is 31.0 Å². The highest BCUT2D eigenvalue weighted by molar-refractivity contribution is 5.27. The highest BCUT2D eigenvalue weighted by atomic mass is 16.5. The molecule has 2 fully saturated rings. The van der Waals surface area contributed by atoms with Crippen LogP contribution in [-0.2, 0) is 4.74 Å². The molecule has 5 nitrogen and oxygen atoms in total. The van der Waals surface area contributed by atoms with Gasteiger partial charge in [-0.25, -0.2) is 0 Å². The van der Waals surface area contributed by atoms with Crippen molar-refractivity contribution in [3.05, 3.63) is 29.8 Å². The number of aliphatic hydroxyl groups excluding tert-OH is 1. The first-order chi connectivity index (χ1) is 10.1. The van der Waals surface area contributed by atoms with Gasteiger partial charge in [-0.15, -0.1) is 0 Å². The fourth-order valence-electron chi connectivity index (χ4n) is 2.89. The molecule has 0 amide bonds. The number of aliphatic hydroxyl groups is 2. The van der Waals surface area contributed by atoms with E-state index in [1.54, 1.807) is 0 Å². The number of hydrogen-bond acceptors (Lipinski definition) is 5. The standard InChI is InChI=1S/C16H23NO4/c1-12-3-2-4-14(7-12)21-11-16(19)10-17(6-5-15(16)18)13-8-20-9-13/h2-4,7,13,15,18-19H,5-6,8-11H2,1H3/t15-,16-/m0/s1. The summed E-state index contributed by atoms with van der Waals surface area (Å²) in [4.78, 5) is 2.19. The van der Waals surface area contributed by atoms with E-state index in [2.05, 4.69) is 4.90 Å². The zero-order valence-electron chi connectivity index (χ0n) is 12.4. The maximum Gasteiger partial charge on any atom is 0.137 e. The molecule has 0 bridgehead atoms. The van der Waals surface area contributed by atoms with Gasteiger partial charge in [0.05, 0.1) is 25.4 Å². The van der Waals surface area contributed by atoms with Gasteiger partial charge in [-0.3, -0.25) is 4.90 Å². The maximum atomic E-state index is 10.8. The quantitative estimate of drug-likeness (QED) is 0.850. The second-order valence-corrected chi connectivity index (χ2v) is 6.17. The van der Waals surface area contributed by atoms with Crippen molar-refractivity contribution in [3.63, 3.8) is 0 Å². The van der Waals surface area contributed by atoms with E-state index in [1.165, 1.54) is 0 Å². The molecule has 1 aromatic carbocycles. The topological polar surface area (TPSA) is 62.2 Å². The van der Waals surface area contributed by atoms with Crippen LogP contribution in [0.1, 0.15) is 12.0 Å². The average molecular weight is 293 g/mol. The Morgan fingerprint density at radius 2 is 2.24 bits per heavy atom. The van der Waals surface area contributed by atoms with Gasteiger partial charge >= 0.3 is 0 Å². The van der Waals surface area contributed by atoms with Crippen LogP contribution in [0.3, 0.4) is 0 Å². The zero-order valence-corrected chi connectivity index (χ0v) is 12.4. The number of ether oxygens (including phenoxy) is 2. The van der Waals surface area contributed by atoms with Gasteiger partial charge in [0.2, 0.25) is 0 Å². The minimum Gasteiger partial charge on any atom is -0.490 e. The summed E-state index contributed by atoms with van der Waals surface area (Å²) in [5.41, 5.74) is -0.116. The summed E-state index contributed by atoms with van der Waals surface area (Å²) in [6.45, 7) is 4.74. The third kappa shape index (κ3) is 3.21. The first-order valence-electron chi connectivity index (χ1n) is 7.48. The van der Waals surface area contributed by atoms with Crippen molar-refractivity contribution in [3.8, 4) is 5.75 Å². The smallest absolute Gasteiger partial charge is 0.137 e. The summed E-state index contributed by atoms with van der Waals surface area (Å²) in [5.74, 6) is 0.722. The van der Waals surface area contributed by atoms with Crippen molar-refractivity contribution >= 4 is 0 Å². The van der Waals surface area contributed by atoms with Gasteiger partial charge in [0.25, 0.3) is 0 Å². The second kappa shape index (κ2) is 5.93. The predicted octanol–water partition coefficient (Wildman–Crippen LogP) is 0.570. The summed E-state index contributed by atoms with van der Waals surface area (Å²) in [6, 6.07) is 8.07. The molecule has 2 aliphatic heterocycles. The lowest BCUT2D eigenvalue weighted by atomic mass is 9.89. The van der Waals surface area contributed by atoms with E-state index in [0.717, 1.165) is 17.9 Å². The van der Waals surface area contributed by atoms with Crippen molar-refractivity contribution in [1.82, 2.24) is 4.90 Å². The van der Waals surface area contributed by atoms with Crippen LogP contribution in [-0.4, -0.2) is 65.8 Å². The van der Waals surface area contributed by atoms with Crippen molar-refractivity contribution in [2.75, 3.05) is 32.9 Å². The molecule has 5 heteroatoms. The van der Waals surface area contributed by atoms with E-state index < -0.39 is 11.7 Å². The second-order valence-electron chi connectivity index (χ2n) is 6.17. The molecule has 3 rings (SSSR count). The van der Waals surface area contributed by atoms with E-state index in [-0.39, 0.29) is 6.61 Å². The molecule has 0 spiro atoms. The molecule has 1 aromatic rings. The van der Waals surface area contributed by atoms with E-state index in [4.69, 9.17) is 9.47 Å². The lowest BCUT2D eigenvalue weighted by Gasteiger charge is -2.47. The first kappa shape index (κ1) is 14.8. The summed E-state index contributed by atoms with van der Waals surface area (Å²) in [5, 5.41) is 20.9. The molecule has 116 valence electrons. The van der Waals surface area contributed by atoms with E-state index >= 15 is 0 Å². The molecule has 2 N–H and O–H groups in total. The Kier molecular flexibility index (Phi) is 4.17. The minimum atomic E-state index is -1.22. The molecule has 0 aromatic heterocycles. The van der Waals surface area contributed by atoms with Crippen LogP contribution in [0.15, 0.2) is 24.3 Å². The van der Waals surface area contributed by atoms with Gasteiger partial charge in [0, 0.05) is 13.1 Å². The Balaban J connectivity index is 1.63. The molecule has 0 radical (unpaired) electrons. The maximum absolute atomic E-state index is 10.8. The normalized spacial score (nSPS) is 30.9. The van der Waals surface area contributed by atoms with Crippen LogP contribution in [0.25, 0.3) is 0 Å². The number of nitrogens with zero attached hydrogens (tertiary/aromatic N) is 1. The Morgan fingerprint density at radius 3 is 2.90 bits per heavy atom. The number of aryl methyl sites for hydroxylation is 1. The number of benzene rings is 1. The van der Waals surface area contributed by atoms with E-state index in [9.17, 15) is 10.2 Å². The summed E-state index contributed by atoms with van der Waals surface area (Å²) < 4.78 is 10.9. The largest absolute Gasteiger partial charge is 0.490 e. The van der Waals surface area contributed by atoms with Gasteiger partial charge in [0.15, 0.2) is 0 Å². The van der Waals surface area contributed by atoms with Crippen LogP contribution < -0.4 is 4.74 Å². The van der Waals surface area contributed by atoms with Gasteiger partial charge in [0.1, 0.15) is 18.0 Å². The van der Waals surface area contributed by atoms with Crippen LogP contribution in [0, 0.1) is 6.92 Å². The van der Waals surface area contributed by atoms with Crippen molar-refractivity contribution in [2.24, 2.45) is 0 Å². The number of hydrogen-bond donors (Lipinski definition) is 2. The SMILES string of the molecule is Cc1cccc(OC[C@@]2(O)CN(C3COC3)CC[C@@H]2O)c1. The number of piperidine rings is 1.